The van der Waals surface area contributed by atoms with Crippen molar-refractivity contribution in [2.45, 2.75) is 24.3 Å². The Kier molecular flexibility index (Phi) is 10.2. The van der Waals surface area contributed by atoms with Gasteiger partial charge in [-0.05, 0) is 26.0 Å². The zero-order valence-electron chi connectivity index (χ0n) is 19.9. The summed E-state index contributed by atoms with van der Waals surface area (Å²) in [7, 11) is 0. The molecule has 0 bridgehead atoms. The molecule has 0 fully saturated rings. The molecule has 2 amide bonds. The van der Waals surface area contributed by atoms with Crippen molar-refractivity contribution in [1.29, 1.82) is 0 Å². The molecule has 2 atom stereocenters. The summed E-state index contributed by atoms with van der Waals surface area (Å²) in [6.45, 7) is 2.91. The number of hydrogen-bond acceptors (Lipinski definition) is 13. The Balaban J connectivity index is 1.96. The van der Waals surface area contributed by atoms with Crippen molar-refractivity contribution in [2.24, 2.45) is 10.2 Å². The van der Waals surface area contributed by atoms with Crippen LogP contribution in [0.2, 0.25) is 0 Å². The number of nitrogens with one attached hydrogen (secondary N) is 2. The lowest BCUT2D eigenvalue weighted by atomic mass is 10.2. The van der Waals surface area contributed by atoms with Crippen LogP contribution in [0.15, 0.2) is 46.6 Å². The van der Waals surface area contributed by atoms with Crippen LogP contribution in [0.25, 0.3) is 0 Å². The van der Waals surface area contributed by atoms with Crippen LogP contribution in [0.5, 0.6) is 0 Å². The lowest BCUT2D eigenvalue weighted by Crippen LogP contribution is -2.33. The maximum absolute atomic E-state index is 12.3. The summed E-state index contributed by atoms with van der Waals surface area (Å²) in [5, 5.41) is 49.5. The molecular weight excluding hydrogens is 544 g/mol. The zero-order valence-corrected chi connectivity index (χ0v) is 20.8. The predicted octanol–water partition coefficient (Wildman–Crippen LogP) is 2.43. The van der Waals surface area contributed by atoms with Gasteiger partial charge in [-0.2, -0.15) is 10.2 Å². The highest BCUT2D eigenvalue weighted by Crippen LogP contribution is 2.24. The number of carbonyl (C=O) groups is 2. The van der Waals surface area contributed by atoms with Gasteiger partial charge in [-0.3, -0.25) is 50.0 Å². The molecule has 39 heavy (non-hydrogen) atoms. The highest BCUT2D eigenvalue weighted by Gasteiger charge is 2.23. The van der Waals surface area contributed by atoms with E-state index in [1.165, 1.54) is 13.8 Å². The molecular formula is C20H18N8O10S. The number of rotatable bonds is 12. The smallest absolute Gasteiger partial charge is 0.272 e. The van der Waals surface area contributed by atoms with Crippen molar-refractivity contribution in [3.63, 3.8) is 0 Å². The fourth-order valence-corrected chi connectivity index (χ4v) is 3.73. The molecule has 0 aliphatic heterocycles. The number of benzene rings is 2. The minimum absolute atomic E-state index is 0.0925. The summed E-state index contributed by atoms with van der Waals surface area (Å²) in [4.78, 5) is 65.2. The highest BCUT2D eigenvalue weighted by atomic mass is 32.2. The average molecular weight is 562 g/mol. The van der Waals surface area contributed by atoms with Gasteiger partial charge < -0.3 is 0 Å². The van der Waals surface area contributed by atoms with Gasteiger partial charge in [0.2, 0.25) is 0 Å². The first-order chi connectivity index (χ1) is 18.3. The number of hydrazone groups is 2. The number of thioether (sulfide) groups is 1. The first kappa shape index (κ1) is 29.9. The number of carbonyl (C=O) groups excluding carboxylic acids is 2. The molecule has 0 saturated heterocycles. The molecule has 2 aromatic carbocycles. The van der Waals surface area contributed by atoms with E-state index in [4.69, 9.17) is 0 Å². The van der Waals surface area contributed by atoms with Crippen molar-refractivity contribution < 1.29 is 29.3 Å². The van der Waals surface area contributed by atoms with Gasteiger partial charge in [0.05, 0.1) is 65.9 Å². The van der Waals surface area contributed by atoms with Gasteiger partial charge in [0.25, 0.3) is 34.6 Å². The SMILES string of the molecule is C[C@H](S[C@@H](C)C(=O)N/N=C\c1ccc([N+](=O)[O-])cc1[N+](=O)[O-])C(=O)N/N=C\c1ccc([N+](=O)[O-])cc1[N+](=O)[O-]. The van der Waals surface area contributed by atoms with E-state index in [0.29, 0.717) is 0 Å². The van der Waals surface area contributed by atoms with Gasteiger partial charge >= 0.3 is 0 Å². The summed E-state index contributed by atoms with van der Waals surface area (Å²) in [6.07, 6.45) is 1.89. The molecule has 18 nitrogen and oxygen atoms in total. The van der Waals surface area contributed by atoms with Crippen molar-refractivity contribution >= 4 is 58.8 Å². The Hall–Kier alpha value is -5.33. The Morgan fingerprint density at radius 3 is 1.38 bits per heavy atom. The number of amides is 2. The van der Waals surface area contributed by atoms with E-state index >= 15 is 0 Å². The molecule has 0 spiro atoms. The molecule has 0 aromatic heterocycles. The van der Waals surface area contributed by atoms with Crippen molar-refractivity contribution in [1.82, 2.24) is 10.9 Å². The molecule has 19 heteroatoms. The molecule has 2 rings (SSSR count). The Labute approximate surface area is 221 Å². The third-order valence-corrected chi connectivity index (χ3v) is 5.99. The quantitative estimate of drug-likeness (QED) is 0.215. The van der Waals surface area contributed by atoms with Crippen LogP contribution >= 0.6 is 11.8 Å². The fourth-order valence-electron chi connectivity index (χ4n) is 2.77. The van der Waals surface area contributed by atoms with E-state index in [2.05, 4.69) is 21.1 Å². The largest absolute Gasteiger partial charge is 0.285 e. The van der Waals surface area contributed by atoms with Gasteiger partial charge in [0.15, 0.2) is 0 Å². The molecule has 0 aliphatic carbocycles. The molecule has 2 N–H and O–H groups in total. The summed E-state index contributed by atoms with van der Waals surface area (Å²) in [6, 6.07) is 5.79. The van der Waals surface area contributed by atoms with Gasteiger partial charge in [0, 0.05) is 12.1 Å². The van der Waals surface area contributed by atoms with Crippen LogP contribution in [-0.2, 0) is 9.59 Å². The van der Waals surface area contributed by atoms with Crippen LogP contribution in [0, 0.1) is 40.5 Å². The second kappa shape index (κ2) is 13.3. The fraction of sp³-hybridized carbons (Fsp3) is 0.200. The van der Waals surface area contributed by atoms with Crippen LogP contribution in [-0.4, -0.2) is 54.4 Å². The summed E-state index contributed by atoms with van der Waals surface area (Å²) in [5.41, 5.74) is 1.96. The monoisotopic (exact) mass is 562 g/mol. The van der Waals surface area contributed by atoms with E-state index in [0.717, 1.165) is 60.6 Å². The number of nitrogens with zero attached hydrogens (tertiary/aromatic N) is 6. The lowest BCUT2D eigenvalue weighted by Gasteiger charge is -2.14. The molecule has 0 saturated carbocycles. The first-order valence-corrected chi connectivity index (χ1v) is 11.4. The maximum atomic E-state index is 12.3. The third kappa shape index (κ3) is 8.35. The standard InChI is InChI=1S/C20H18N8O10S/c1-11(19(29)23-21-9-13-3-5-15(25(31)32)7-17(13)27(35)36)39-12(2)20(30)24-22-10-14-4-6-16(26(33)34)8-18(14)28(37)38/h3-12H,1-2H3,(H,23,29)(H,24,30)/b21-9-,22-10-/t11-,12-/m0/s1. The Morgan fingerprint density at radius 1 is 0.718 bits per heavy atom. The van der Waals surface area contributed by atoms with Crippen LogP contribution in [0.4, 0.5) is 22.7 Å². The highest BCUT2D eigenvalue weighted by molar-refractivity contribution is 8.01. The first-order valence-electron chi connectivity index (χ1n) is 10.5. The normalized spacial score (nSPS) is 12.6. The van der Waals surface area contributed by atoms with Crippen LogP contribution in [0.3, 0.4) is 0 Å². The van der Waals surface area contributed by atoms with E-state index in [-0.39, 0.29) is 11.1 Å². The second-order valence-electron chi connectivity index (χ2n) is 7.40. The summed E-state index contributed by atoms with van der Waals surface area (Å²) >= 11 is 0.896. The van der Waals surface area contributed by atoms with Gasteiger partial charge in [0.1, 0.15) is 0 Å². The number of non-ortho nitro benzene ring substituents is 2. The molecule has 2 aromatic rings. The lowest BCUT2D eigenvalue weighted by molar-refractivity contribution is -0.394. The zero-order chi connectivity index (χ0) is 29.3. The van der Waals surface area contributed by atoms with Crippen molar-refractivity contribution in [2.75, 3.05) is 0 Å². The number of nitro groups is 4. The minimum atomic E-state index is -0.838. The maximum Gasteiger partial charge on any atom is 0.285 e. The number of nitro benzene ring substituents is 4. The molecule has 0 radical (unpaired) electrons. The van der Waals surface area contributed by atoms with Crippen LogP contribution < -0.4 is 10.9 Å². The van der Waals surface area contributed by atoms with E-state index in [1.54, 1.807) is 0 Å². The Bertz CT molecular complexity index is 1290. The number of hydrogen-bond donors (Lipinski definition) is 2. The summed E-state index contributed by atoms with van der Waals surface area (Å²) in [5.74, 6) is -1.32. The van der Waals surface area contributed by atoms with Crippen LogP contribution in [0.1, 0.15) is 25.0 Å². The molecule has 0 unspecified atom stereocenters. The predicted molar refractivity (Wildman–Crippen MR) is 137 cm³/mol. The van der Waals surface area contributed by atoms with Gasteiger partial charge in [-0.1, -0.05) is 0 Å². The van der Waals surface area contributed by atoms with E-state index < -0.39 is 64.8 Å². The minimum Gasteiger partial charge on any atom is -0.272 e. The second-order valence-corrected chi connectivity index (χ2v) is 9.09. The van der Waals surface area contributed by atoms with E-state index in [1.807, 2.05) is 0 Å². The molecule has 0 heterocycles. The summed E-state index contributed by atoms with van der Waals surface area (Å²) < 4.78 is 0. The third-order valence-electron chi connectivity index (χ3n) is 4.75. The van der Waals surface area contributed by atoms with Gasteiger partial charge in [-0.25, -0.2) is 10.9 Å². The van der Waals surface area contributed by atoms with Gasteiger partial charge in [-0.15, -0.1) is 11.8 Å². The topological polar surface area (TPSA) is 255 Å². The molecule has 204 valence electrons. The molecule has 0 aliphatic rings. The van der Waals surface area contributed by atoms with E-state index in [9.17, 15) is 50.0 Å². The van der Waals surface area contributed by atoms with Crippen molar-refractivity contribution in [3.05, 3.63) is 88.0 Å². The average Bonchev–Trinajstić information content (AvgIpc) is 2.88. The Morgan fingerprint density at radius 2 is 1.08 bits per heavy atom. The van der Waals surface area contributed by atoms with Crippen molar-refractivity contribution in [3.8, 4) is 0 Å².